The molecule has 0 saturated carbocycles. The average molecular weight is 452 g/mol. The molecular weight excluding hydrogens is 428 g/mol. The number of carboxylic acids is 3. The molecule has 14 nitrogen and oxygen atoms in total. The molecule has 0 aliphatic carbocycles. The summed E-state index contributed by atoms with van der Waals surface area (Å²) >= 11 is 3.75. The molecule has 30 heavy (non-hydrogen) atoms. The third-order valence-electron chi connectivity index (χ3n) is 3.62. The van der Waals surface area contributed by atoms with Crippen LogP contribution in [0.5, 0.6) is 0 Å². The van der Waals surface area contributed by atoms with Crippen LogP contribution in [0.4, 0.5) is 0 Å². The Bertz CT molecular complexity index is 674. The maximum Gasteiger partial charge on any atom is 0.327 e. The molecule has 0 aliphatic heterocycles. The van der Waals surface area contributed by atoms with Crippen molar-refractivity contribution in [3.8, 4) is 0 Å². The first-order valence-corrected chi connectivity index (χ1v) is 9.10. The van der Waals surface area contributed by atoms with E-state index in [1.54, 1.807) is 0 Å². The zero-order valence-corrected chi connectivity index (χ0v) is 16.5. The first-order chi connectivity index (χ1) is 13.9. The monoisotopic (exact) mass is 452 g/mol. The number of aliphatic carboxylic acids is 3. The minimum Gasteiger partial charge on any atom is -0.481 e. The average Bonchev–Trinajstić information content (AvgIpc) is 2.65. The molecule has 0 aliphatic rings. The van der Waals surface area contributed by atoms with E-state index in [1.165, 1.54) is 0 Å². The highest BCUT2D eigenvalue weighted by atomic mass is 32.1. The van der Waals surface area contributed by atoms with Crippen molar-refractivity contribution in [1.29, 1.82) is 0 Å². The highest BCUT2D eigenvalue weighted by Gasteiger charge is 2.30. The van der Waals surface area contributed by atoms with E-state index in [1.807, 2.05) is 5.32 Å². The Labute approximate surface area is 175 Å². The molecule has 0 spiro atoms. The molecule has 0 radical (unpaired) electrons. The third kappa shape index (κ3) is 10.0. The second kappa shape index (κ2) is 13.3. The van der Waals surface area contributed by atoms with Gasteiger partial charge in [-0.3, -0.25) is 24.0 Å². The number of rotatable bonds is 14. The lowest BCUT2D eigenvalue weighted by Crippen LogP contribution is -2.58. The molecule has 0 aromatic carbocycles. The van der Waals surface area contributed by atoms with Gasteiger partial charge in [-0.15, -0.1) is 0 Å². The van der Waals surface area contributed by atoms with Crippen molar-refractivity contribution in [1.82, 2.24) is 16.0 Å². The molecule has 0 saturated heterocycles. The van der Waals surface area contributed by atoms with Gasteiger partial charge in [0.05, 0.1) is 19.1 Å². The predicted molar refractivity (Wildman–Crippen MR) is 101 cm³/mol. The van der Waals surface area contributed by atoms with Crippen molar-refractivity contribution in [2.75, 3.05) is 12.4 Å². The lowest BCUT2D eigenvalue weighted by atomic mass is 10.1. The molecule has 0 aromatic rings. The zero-order valence-electron chi connectivity index (χ0n) is 15.6. The second-order valence-corrected chi connectivity index (χ2v) is 6.39. The van der Waals surface area contributed by atoms with Crippen molar-refractivity contribution in [3.05, 3.63) is 0 Å². The van der Waals surface area contributed by atoms with Crippen LogP contribution >= 0.6 is 12.6 Å². The van der Waals surface area contributed by atoms with Gasteiger partial charge >= 0.3 is 17.9 Å². The summed E-state index contributed by atoms with van der Waals surface area (Å²) in [4.78, 5) is 68.8. The fourth-order valence-corrected chi connectivity index (χ4v) is 2.27. The lowest BCUT2D eigenvalue weighted by molar-refractivity contribution is -0.142. The van der Waals surface area contributed by atoms with Crippen LogP contribution in [-0.2, 0) is 28.8 Å². The Morgan fingerprint density at radius 3 is 1.73 bits per heavy atom. The standard InChI is InChI=1S/C15H24N4O10S/c16-6(3-11(23)24)12(25)17-7(1-2-10(21)22)13(26)18-8(4-20)14(27)19-9(5-30)15(28)29/h6-9,20,30H,1-5,16H2,(H,17,25)(H,18,26)(H,19,27)(H,21,22)(H,23,24)(H,28,29). The van der Waals surface area contributed by atoms with Gasteiger partial charge in [0.2, 0.25) is 17.7 Å². The van der Waals surface area contributed by atoms with Crippen molar-refractivity contribution in [2.45, 2.75) is 43.4 Å². The maximum atomic E-state index is 12.4. The van der Waals surface area contributed by atoms with E-state index in [4.69, 9.17) is 21.1 Å². The van der Waals surface area contributed by atoms with E-state index in [0.717, 1.165) is 0 Å². The van der Waals surface area contributed by atoms with Gasteiger partial charge in [0, 0.05) is 12.2 Å². The number of carbonyl (C=O) groups is 6. The van der Waals surface area contributed by atoms with E-state index in [-0.39, 0.29) is 5.75 Å². The molecule has 4 unspecified atom stereocenters. The van der Waals surface area contributed by atoms with Gasteiger partial charge < -0.3 is 42.1 Å². The lowest BCUT2D eigenvalue weighted by Gasteiger charge is -2.23. The second-order valence-electron chi connectivity index (χ2n) is 6.02. The van der Waals surface area contributed by atoms with Crippen LogP contribution in [-0.4, -0.2) is 92.6 Å². The minimum atomic E-state index is -1.61. The normalized spacial score (nSPS) is 14.5. The van der Waals surface area contributed by atoms with Gasteiger partial charge in [0.25, 0.3) is 0 Å². The fourth-order valence-electron chi connectivity index (χ4n) is 2.02. The van der Waals surface area contributed by atoms with Gasteiger partial charge in [0.15, 0.2) is 0 Å². The Balaban J connectivity index is 5.24. The van der Waals surface area contributed by atoms with Gasteiger partial charge in [-0.05, 0) is 6.42 Å². The summed E-state index contributed by atoms with van der Waals surface area (Å²) in [6, 6.07) is -6.05. The summed E-state index contributed by atoms with van der Waals surface area (Å²) < 4.78 is 0. The summed E-state index contributed by atoms with van der Waals surface area (Å²) in [5, 5.41) is 41.9. The number of hydrogen-bond donors (Lipinski definition) is 9. The summed E-state index contributed by atoms with van der Waals surface area (Å²) in [7, 11) is 0. The van der Waals surface area contributed by atoms with Crippen LogP contribution in [0.25, 0.3) is 0 Å². The van der Waals surface area contributed by atoms with Crippen molar-refractivity contribution < 1.29 is 49.2 Å². The van der Waals surface area contributed by atoms with E-state index in [9.17, 15) is 33.9 Å². The van der Waals surface area contributed by atoms with Gasteiger partial charge in [0.1, 0.15) is 18.1 Å². The molecule has 170 valence electrons. The quantitative estimate of drug-likeness (QED) is 0.115. The fraction of sp³-hybridized carbons (Fsp3) is 0.600. The van der Waals surface area contributed by atoms with E-state index < -0.39 is 85.7 Å². The van der Waals surface area contributed by atoms with E-state index >= 15 is 0 Å². The number of aliphatic hydroxyl groups is 1. The first-order valence-electron chi connectivity index (χ1n) is 8.47. The van der Waals surface area contributed by atoms with Gasteiger partial charge in [-0.2, -0.15) is 12.6 Å². The number of nitrogens with one attached hydrogen (secondary N) is 3. The number of nitrogens with two attached hydrogens (primary N) is 1. The van der Waals surface area contributed by atoms with Crippen LogP contribution in [0, 0.1) is 0 Å². The Hall–Kier alpha value is -2.91. The van der Waals surface area contributed by atoms with E-state index in [0.29, 0.717) is 0 Å². The number of aliphatic hydroxyl groups excluding tert-OH is 1. The SMILES string of the molecule is NC(CC(=O)O)C(=O)NC(CCC(=O)O)C(=O)NC(CO)C(=O)NC(CS)C(=O)O. The molecule has 0 heterocycles. The molecule has 9 N–H and O–H groups in total. The number of amides is 3. The largest absolute Gasteiger partial charge is 0.481 e. The first kappa shape index (κ1) is 27.1. The molecule has 4 atom stereocenters. The van der Waals surface area contributed by atoms with E-state index in [2.05, 4.69) is 23.3 Å². The topological polar surface area (TPSA) is 245 Å². The van der Waals surface area contributed by atoms with Crippen LogP contribution < -0.4 is 21.7 Å². The van der Waals surface area contributed by atoms with Gasteiger partial charge in [-0.25, -0.2) is 4.79 Å². The smallest absolute Gasteiger partial charge is 0.327 e. The van der Waals surface area contributed by atoms with Crippen LogP contribution in [0.1, 0.15) is 19.3 Å². The van der Waals surface area contributed by atoms with Crippen molar-refractivity contribution in [3.63, 3.8) is 0 Å². The molecule has 0 bridgehead atoms. The Morgan fingerprint density at radius 2 is 1.30 bits per heavy atom. The van der Waals surface area contributed by atoms with Gasteiger partial charge in [-0.1, -0.05) is 0 Å². The van der Waals surface area contributed by atoms with Crippen LogP contribution in [0.2, 0.25) is 0 Å². The van der Waals surface area contributed by atoms with Crippen LogP contribution in [0.15, 0.2) is 0 Å². The zero-order chi connectivity index (χ0) is 23.4. The Kier molecular flexibility index (Phi) is 12.0. The van der Waals surface area contributed by atoms with Crippen molar-refractivity contribution >= 4 is 48.3 Å². The molecule has 0 aromatic heterocycles. The number of thiol groups is 1. The Morgan fingerprint density at radius 1 is 0.800 bits per heavy atom. The molecule has 15 heteroatoms. The predicted octanol–water partition coefficient (Wildman–Crippen LogP) is -3.89. The van der Waals surface area contributed by atoms with Crippen molar-refractivity contribution in [2.24, 2.45) is 5.73 Å². The van der Waals surface area contributed by atoms with Crippen LogP contribution in [0.3, 0.4) is 0 Å². The highest BCUT2D eigenvalue weighted by molar-refractivity contribution is 7.80. The summed E-state index contributed by atoms with van der Waals surface area (Å²) in [5.41, 5.74) is 5.39. The number of carbonyl (C=O) groups excluding carboxylic acids is 3. The molecular formula is C15H24N4O10S. The maximum absolute atomic E-state index is 12.4. The number of hydrogen-bond acceptors (Lipinski definition) is 9. The minimum absolute atomic E-state index is 0.272. The molecule has 3 amide bonds. The summed E-state index contributed by atoms with van der Waals surface area (Å²) in [6.45, 7) is -0.936. The number of carboxylic acid groups (broad SMARTS) is 3. The summed E-state index contributed by atoms with van der Waals surface area (Å²) in [6.07, 6.45) is -1.74. The molecule has 0 fully saturated rings. The third-order valence-corrected chi connectivity index (χ3v) is 3.99. The highest BCUT2D eigenvalue weighted by Crippen LogP contribution is 2.02. The summed E-state index contributed by atoms with van der Waals surface area (Å²) in [5.74, 6) is -7.53. The molecule has 0 rings (SSSR count).